The molecular weight excluding hydrogens is 361 g/mol. The van der Waals surface area contributed by atoms with E-state index >= 15 is 0 Å². The summed E-state index contributed by atoms with van der Waals surface area (Å²) in [5, 5.41) is 2.02. The molecule has 150 valence electrons. The van der Waals surface area contributed by atoms with E-state index in [1.807, 2.05) is 5.32 Å². The fourth-order valence-electron chi connectivity index (χ4n) is 3.15. The van der Waals surface area contributed by atoms with Gasteiger partial charge in [0, 0.05) is 13.1 Å². The normalized spacial score (nSPS) is 17.3. The predicted octanol–water partition coefficient (Wildman–Crippen LogP) is 3.63. The van der Waals surface area contributed by atoms with Crippen LogP contribution in [0.15, 0.2) is 30.3 Å². The topological polar surface area (TPSA) is 58.6 Å². The molecule has 1 fully saturated rings. The molecule has 1 heterocycles. The van der Waals surface area contributed by atoms with Crippen LogP contribution in [0.5, 0.6) is 0 Å². The van der Waals surface area contributed by atoms with Gasteiger partial charge >= 0.3 is 12.3 Å². The predicted molar refractivity (Wildman–Crippen MR) is 94.2 cm³/mol. The number of carbonyl (C=O) groups excluding carboxylic acids is 2. The van der Waals surface area contributed by atoms with Crippen LogP contribution in [0.1, 0.15) is 39.2 Å². The Morgan fingerprint density at radius 1 is 1.11 bits per heavy atom. The molecule has 1 aliphatic rings. The lowest BCUT2D eigenvalue weighted by atomic mass is 9.72. The number of piperidine rings is 1. The summed E-state index contributed by atoms with van der Waals surface area (Å²) >= 11 is 0. The number of hydrogen-bond donors (Lipinski definition) is 1. The minimum absolute atomic E-state index is 0.222. The van der Waals surface area contributed by atoms with Gasteiger partial charge in [-0.25, -0.2) is 4.79 Å². The quantitative estimate of drug-likeness (QED) is 0.863. The van der Waals surface area contributed by atoms with Crippen molar-refractivity contribution >= 4 is 12.0 Å². The number of carbonyl (C=O) groups is 2. The molecule has 0 radical (unpaired) electrons. The van der Waals surface area contributed by atoms with Crippen molar-refractivity contribution in [3.05, 3.63) is 35.9 Å². The molecule has 1 N–H and O–H groups in total. The van der Waals surface area contributed by atoms with Gasteiger partial charge in [0.2, 0.25) is 5.91 Å². The van der Waals surface area contributed by atoms with E-state index in [0.717, 1.165) is 0 Å². The number of hydrogen-bond acceptors (Lipinski definition) is 3. The molecule has 1 saturated heterocycles. The highest BCUT2D eigenvalue weighted by atomic mass is 19.4. The molecule has 0 bridgehead atoms. The number of likely N-dealkylation sites (tertiary alicyclic amines) is 1. The van der Waals surface area contributed by atoms with E-state index in [4.69, 9.17) is 4.74 Å². The molecule has 0 atom stereocenters. The first-order chi connectivity index (χ1) is 12.4. The fraction of sp³-hybridized carbons (Fsp3) is 0.579. The summed E-state index contributed by atoms with van der Waals surface area (Å²) in [5.41, 5.74) is -1.10. The van der Waals surface area contributed by atoms with Crippen LogP contribution < -0.4 is 5.32 Å². The molecule has 8 heteroatoms. The van der Waals surface area contributed by atoms with Gasteiger partial charge in [0.05, 0.1) is 5.41 Å². The molecule has 27 heavy (non-hydrogen) atoms. The van der Waals surface area contributed by atoms with Crippen molar-refractivity contribution in [2.24, 2.45) is 0 Å². The molecule has 0 saturated carbocycles. The number of nitrogens with one attached hydrogen (secondary N) is 1. The summed E-state index contributed by atoms with van der Waals surface area (Å²) in [6.07, 6.45) is -4.52. The summed E-state index contributed by atoms with van der Waals surface area (Å²) in [4.78, 5) is 26.5. The lowest BCUT2D eigenvalue weighted by Crippen LogP contribution is -2.54. The molecule has 2 rings (SSSR count). The lowest BCUT2D eigenvalue weighted by molar-refractivity contribution is -0.143. The van der Waals surface area contributed by atoms with E-state index in [0.29, 0.717) is 5.56 Å². The van der Waals surface area contributed by atoms with Gasteiger partial charge in [-0.3, -0.25) is 4.79 Å². The van der Waals surface area contributed by atoms with Crippen molar-refractivity contribution in [2.75, 3.05) is 19.6 Å². The molecule has 1 aromatic carbocycles. The number of nitrogens with zero attached hydrogens (tertiary/aromatic N) is 1. The van der Waals surface area contributed by atoms with E-state index in [-0.39, 0.29) is 25.9 Å². The van der Waals surface area contributed by atoms with Gasteiger partial charge in [-0.1, -0.05) is 30.3 Å². The van der Waals surface area contributed by atoms with Crippen LogP contribution >= 0.6 is 0 Å². The third-order valence-electron chi connectivity index (χ3n) is 4.48. The van der Waals surface area contributed by atoms with Gasteiger partial charge in [0.15, 0.2) is 0 Å². The van der Waals surface area contributed by atoms with Gasteiger partial charge < -0.3 is 15.0 Å². The van der Waals surface area contributed by atoms with Crippen LogP contribution in [-0.4, -0.2) is 48.3 Å². The first-order valence-corrected chi connectivity index (χ1v) is 8.81. The Hall–Kier alpha value is -2.25. The van der Waals surface area contributed by atoms with Crippen LogP contribution in [0.2, 0.25) is 0 Å². The Labute approximate surface area is 156 Å². The first-order valence-electron chi connectivity index (χ1n) is 8.81. The van der Waals surface area contributed by atoms with Crippen molar-refractivity contribution in [1.82, 2.24) is 10.2 Å². The second kappa shape index (κ2) is 7.78. The van der Waals surface area contributed by atoms with Crippen LogP contribution in [0, 0.1) is 0 Å². The Bertz CT molecular complexity index is 661. The second-order valence-electron chi connectivity index (χ2n) is 7.71. The summed E-state index contributed by atoms with van der Waals surface area (Å²) in [7, 11) is 0. The number of ether oxygens (including phenoxy) is 1. The largest absolute Gasteiger partial charge is 0.444 e. The molecule has 0 spiro atoms. The van der Waals surface area contributed by atoms with Crippen molar-refractivity contribution in [3.63, 3.8) is 0 Å². The average Bonchev–Trinajstić information content (AvgIpc) is 2.58. The summed E-state index contributed by atoms with van der Waals surface area (Å²) in [6, 6.07) is 8.73. The zero-order valence-electron chi connectivity index (χ0n) is 15.7. The van der Waals surface area contributed by atoms with Crippen LogP contribution in [0.25, 0.3) is 0 Å². The van der Waals surface area contributed by atoms with E-state index in [9.17, 15) is 22.8 Å². The Balaban J connectivity index is 2.17. The monoisotopic (exact) mass is 386 g/mol. The Morgan fingerprint density at radius 3 is 2.15 bits per heavy atom. The maximum absolute atomic E-state index is 12.7. The highest BCUT2D eigenvalue weighted by Gasteiger charge is 2.45. The maximum Gasteiger partial charge on any atom is 0.410 e. The third kappa shape index (κ3) is 5.61. The molecular formula is C19H25F3N2O3. The first kappa shape index (κ1) is 21.1. The van der Waals surface area contributed by atoms with Crippen LogP contribution in [0.4, 0.5) is 18.0 Å². The SMILES string of the molecule is CC(C)(C)OC(=O)N1CCC(C(=O)NCC(F)(F)F)(c2ccccc2)CC1. The van der Waals surface area contributed by atoms with Crippen molar-refractivity contribution in [3.8, 4) is 0 Å². The van der Waals surface area contributed by atoms with Gasteiger partial charge in [-0.2, -0.15) is 13.2 Å². The number of alkyl halides is 3. The standard InChI is InChI=1S/C19H25F3N2O3/c1-17(2,3)27-16(26)24-11-9-18(10-12-24,14-7-5-4-6-8-14)15(25)23-13-19(20,21)22/h4-8H,9-13H2,1-3H3,(H,23,25). The van der Waals surface area contributed by atoms with Crippen molar-refractivity contribution in [1.29, 1.82) is 0 Å². The second-order valence-corrected chi connectivity index (χ2v) is 7.71. The molecule has 5 nitrogen and oxygen atoms in total. The zero-order valence-corrected chi connectivity index (χ0v) is 15.7. The molecule has 0 aliphatic carbocycles. The minimum atomic E-state index is -4.48. The zero-order chi connectivity index (χ0) is 20.3. The smallest absolute Gasteiger partial charge is 0.410 e. The highest BCUT2D eigenvalue weighted by molar-refractivity contribution is 5.88. The maximum atomic E-state index is 12.7. The summed E-state index contributed by atoms with van der Waals surface area (Å²) in [5.74, 6) is -0.671. The van der Waals surface area contributed by atoms with Crippen LogP contribution in [0.3, 0.4) is 0 Å². The molecule has 0 unspecified atom stereocenters. The number of halogens is 3. The summed E-state index contributed by atoms with van der Waals surface area (Å²) < 4.78 is 43.0. The number of rotatable bonds is 3. The van der Waals surface area contributed by atoms with E-state index in [1.54, 1.807) is 51.1 Å². The van der Waals surface area contributed by atoms with E-state index in [1.165, 1.54) is 4.90 Å². The number of amides is 2. The third-order valence-corrected chi connectivity index (χ3v) is 4.48. The summed E-state index contributed by atoms with van der Waals surface area (Å²) in [6.45, 7) is 4.35. The van der Waals surface area contributed by atoms with Crippen molar-refractivity contribution in [2.45, 2.75) is 50.8 Å². The van der Waals surface area contributed by atoms with Gasteiger partial charge in [-0.05, 0) is 39.2 Å². The van der Waals surface area contributed by atoms with Gasteiger partial charge in [-0.15, -0.1) is 0 Å². The molecule has 0 aromatic heterocycles. The number of benzene rings is 1. The minimum Gasteiger partial charge on any atom is -0.444 e. The average molecular weight is 386 g/mol. The van der Waals surface area contributed by atoms with Crippen molar-refractivity contribution < 1.29 is 27.5 Å². The van der Waals surface area contributed by atoms with E-state index in [2.05, 4.69) is 0 Å². The molecule has 1 aromatic rings. The fourth-order valence-corrected chi connectivity index (χ4v) is 3.15. The Morgan fingerprint density at radius 2 is 1.67 bits per heavy atom. The van der Waals surface area contributed by atoms with Gasteiger partial charge in [0.1, 0.15) is 12.1 Å². The Kier molecular flexibility index (Phi) is 6.07. The van der Waals surface area contributed by atoms with Gasteiger partial charge in [0.25, 0.3) is 0 Å². The van der Waals surface area contributed by atoms with E-state index < -0.39 is 35.7 Å². The van der Waals surface area contributed by atoms with Crippen LogP contribution in [-0.2, 0) is 14.9 Å². The highest BCUT2D eigenvalue weighted by Crippen LogP contribution is 2.36. The molecule has 1 aliphatic heterocycles. The lowest BCUT2D eigenvalue weighted by Gasteiger charge is -2.41. The molecule has 2 amide bonds.